The van der Waals surface area contributed by atoms with Crippen LogP contribution in [0.2, 0.25) is 0 Å². The maximum atomic E-state index is 12.6. The molecular weight excluding hydrogens is 302 g/mol. The maximum absolute atomic E-state index is 12.6. The molecule has 4 heterocycles. The topological polar surface area (TPSA) is 61.4 Å². The monoisotopic (exact) mass is 323 g/mol. The fourth-order valence-electron chi connectivity index (χ4n) is 3.47. The van der Waals surface area contributed by atoms with Crippen molar-refractivity contribution in [1.29, 1.82) is 0 Å². The average Bonchev–Trinajstić information content (AvgIpc) is 3.09. The van der Waals surface area contributed by atoms with E-state index in [9.17, 15) is 4.79 Å². The fraction of sp³-hybridized carbons (Fsp3) is 0.389. The Kier molecular flexibility index (Phi) is 3.59. The highest BCUT2D eigenvalue weighted by atomic mass is 16.1. The molecule has 4 rings (SSSR count). The molecule has 1 amide bonds. The molecule has 2 aliphatic heterocycles. The van der Waals surface area contributed by atoms with Crippen molar-refractivity contribution in [3.05, 3.63) is 35.5 Å². The van der Waals surface area contributed by atoms with Gasteiger partial charge in [-0.05, 0) is 50.5 Å². The summed E-state index contributed by atoms with van der Waals surface area (Å²) in [6.07, 6.45) is 4.13. The number of nitrogens with one attached hydrogen (secondary N) is 1. The van der Waals surface area contributed by atoms with Crippen molar-refractivity contribution in [3.8, 4) is 0 Å². The molecule has 2 aliphatic rings. The molecule has 124 valence electrons. The van der Waals surface area contributed by atoms with Gasteiger partial charge in [-0.25, -0.2) is 9.97 Å². The third-order valence-electron chi connectivity index (χ3n) is 4.71. The summed E-state index contributed by atoms with van der Waals surface area (Å²) in [5.74, 6) is 2.30. The van der Waals surface area contributed by atoms with Gasteiger partial charge >= 0.3 is 0 Å². The first-order valence-electron chi connectivity index (χ1n) is 8.49. The van der Waals surface area contributed by atoms with Crippen molar-refractivity contribution in [1.82, 2.24) is 9.97 Å². The number of fused-ring (bicyclic) bond motifs is 2. The molecule has 1 fully saturated rings. The molecule has 0 bridgehead atoms. The van der Waals surface area contributed by atoms with Gasteiger partial charge in [0.2, 0.25) is 0 Å². The van der Waals surface area contributed by atoms with Gasteiger partial charge in [0.1, 0.15) is 11.6 Å². The van der Waals surface area contributed by atoms with Crippen LogP contribution < -0.4 is 15.1 Å². The molecule has 6 nitrogen and oxygen atoms in total. The lowest BCUT2D eigenvalue weighted by Crippen LogP contribution is -2.23. The molecule has 0 atom stereocenters. The van der Waals surface area contributed by atoms with E-state index in [2.05, 4.69) is 28.2 Å². The van der Waals surface area contributed by atoms with Crippen LogP contribution in [0.4, 0.5) is 23.1 Å². The third-order valence-corrected chi connectivity index (χ3v) is 4.71. The zero-order chi connectivity index (χ0) is 16.7. The number of carbonyl (C=O) groups is 1. The molecule has 6 heteroatoms. The Morgan fingerprint density at radius 1 is 1.25 bits per heavy atom. The number of carbonyl (C=O) groups excluding carboxylic acids is 1. The first-order valence-corrected chi connectivity index (χ1v) is 8.49. The number of rotatable bonds is 2. The summed E-state index contributed by atoms with van der Waals surface area (Å²) in [5.41, 5.74) is 2.39. The van der Waals surface area contributed by atoms with Gasteiger partial charge in [-0.15, -0.1) is 0 Å². The van der Waals surface area contributed by atoms with Gasteiger partial charge in [0.25, 0.3) is 5.91 Å². The highest BCUT2D eigenvalue weighted by Crippen LogP contribution is 2.38. The summed E-state index contributed by atoms with van der Waals surface area (Å²) >= 11 is 0. The molecule has 0 aliphatic carbocycles. The minimum absolute atomic E-state index is 0.130. The average molecular weight is 323 g/mol. The van der Waals surface area contributed by atoms with Gasteiger partial charge in [-0.3, -0.25) is 4.79 Å². The first-order chi connectivity index (χ1) is 11.7. The Labute approximate surface area is 141 Å². The van der Waals surface area contributed by atoms with Crippen molar-refractivity contribution in [2.75, 3.05) is 34.8 Å². The molecule has 1 saturated heterocycles. The second kappa shape index (κ2) is 5.78. The van der Waals surface area contributed by atoms with Crippen LogP contribution in [-0.2, 0) is 0 Å². The fourth-order valence-corrected chi connectivity index (χ4v) is 3.47. The van der Waals surface area contributed by atoms with E-state index in [1.54, 1.807) is 12.3 Å². The second-order valence-electron chi connectivity index (χ2n) is 6.26. The van der Waals surface area contributed by atoms with E-state index in [0.717, 1.165) is 36.0 Å². The number of nitrogens with zero attached hydrogens (tertiary/aromatic N) is 4. The lowest BCUT2D eigenvalue weighted by Gasteiger charge is -2.25. The van der Waals surface area contributed by atoms with Crippen LogP contribution >= 0.6 is 0 Å². The number of hydrogen-bond donors (Lipinski definition) is 1. The van der Waals surface area contributed by atoms with Gasteiger partial charge in [0.15, 0.2) is 5.82 Å². The molecule has 1 N–H and O–H groups in total. The minimum atomic E-state index is -0.130. The van der Waals surface area contributed by atoms with Crippen LogP contribution in [0, 0.1) is 6.92 Å². The Morgan fingerprint density at radius 2 is 2.04 bits per heavy atom. The lowest BCUT2D eigenvalue weighted by atomic mass is 10.2. The number of aromatic nitrogens is 2. The number of aryl methyl sites for hydroxylation is 1. The number of anilines is 4. The summed E-state index contributed by atoms with van der Waals surface area (Å²) in [6, 6.07) is 5.67. The molecule has 0 radical (unpaired) electrons. The quantitative estimate of drug-likeness (QED) is 0.920. The molecule has 0 saturated carbocycles. The second-order valence-corrected chi connectivity index (χ2v) is 6.26. The predicted molar refractivity (Wildman–Crippen MR) is 95.3 cm³/mol. The summed E-state index contributed by atoms with van der Waals surface area (Å²) in [4.78, 5) is 26.3. The smallest absolute Gasteiger partial charge is 0.259 e. The Hall–Kier alpha value is -2.63. The largest absolute Gasteiger partial charge is 0.357 e. The maximum Gasteiger partial charge on any atom is 0.259 e. The number of hydrogen-bond acceptors (Lipinski definition) is 5. The lowest BCUT2D eigenvalue weighted by molar-refractivity contribution is 0.102. The van der Waals surface area contributed by atoms with E-state index in [-0.39, 0.29) is 5.91 Å². The predicted octanol–water partition coefficient (Wildman–Crippen LogP) is 3.11. The Bertz CT molecular complexity index is 798. The first kappa shape index (κ1) is 14.9. The van der Waals surface area contributed by atoms with Crippen molar-refractivity contribution in [2.24, 2.45) is 0 Å². The van der Waals surface area contributed by atoms with E-state index in [1.165, 1.54) is 12.8 Å². The van der Waals surface area contributed by atoms with Crippen LogP contribution in [0.3, 0.4) is 0 Å². The normalized spacial score (nSPS) is 16.5. The van der Waals surface area contributed by atoms with Crippen molar-refractivity contribution in [3.63, 3.8) is 0 Å². The van der Waals surface area contributed by atoms with E-state index >= 15 is 0 Å². The summed E-state index contributed by atoms with van der Waals surface area (Å²) in [6.45, 7) is 6.86. The zero-order valence-electron chi connectivity index (χ0n) is 14.0. The number of pyridine rings is 2. The standard InChI is InChI=1S/C18H21N5O/c1-3-23-16-13(7-6-8-19-16)18(24)21-15-12(2)11-14(20-17(15)23)22-9-4-5-10-22/h6-8,11H,3-5,9-10H2,1-2H3,(H,21,24). The van der Waals surface area contributed by atoms with Gasteiger partial charge < -0.3 is 15.1 Å². The van der Waals surface area contributed by atoms with E-state index < -0.39 is 0 Å². The van der Waals surface area contributed by atoms with E-state index in [1.807, 2.05) is 17.9 Å². The molecule has 0 unspecified atom stereocenters. The summed E-state index contributed by atoms with van der Waals surface area (Å²) in [5, 5.41) is 3.03. The van der Waals surface area contributed by atoms with Crippen molar-refractivity contribution >= 4 is 29.0 Å². The Balaban J connectivity index is 1.90. The molecular formula is C18H21N5O. The van der Waals surface area contributed by atoms with Crippen molar-refractivity contribution in [2.45, 2.75) is 26.7 Å². The zero-order valence-corrected chi connectivity index (χ0v) is 14.0. The molecule has 24 heavy (non-hydrogen) atoms. The third kappa shape index (κ3) is 2.29. The van der Waals surface area contributed by atoms with Gasteiger partial charge in [0.05, 0.1) is 11.3 Å². The number of amides is 1. The Morgan fingerprint density at radius 3 is 2.79 bits per heavy atom. The van der Waals surface area contributed by atoms with Crippen LogP contribution in [0.15, 0.2) is 24.4 Å². The SMILES string of the molecule is CCN1c2ncccc2C(=O)Nc2c(C)cc(N3CCCC3)nc21. The highest BCUT2D eigenvalue weighted by molar-refractivity contribution is 6.11. The van der Waals surface area contributed by atoms with E-state index in [0.29, 0.717) is 17.9 Å². The van der Waals surface area contributed by atoms with Crippen LogP contribution in [-0.4, -0.2) is 35.5 Å². The molecule has 2 aromatic heterocycles. The van der Waals surface area contributed by atoms with Crippen molar-refractivity contribution < 1.29 is 4.79 Å². The molecule has 2 aromatic rings. The van der Waals surface area contributed by atoms with Crippen LogP contribution in [0.25, 0.3) is 0 Å². The molecule has 0 aromatic carbocycles. The van der Waals surface area contributed by atoms with Crippen LogP contribution in [0.1, 0.15) is 35.7 Å². The minimum Gasteiger partial charge on any atom is -0.357 e. The van der Waals surface area contributed by atoms with E-state index in [4.69, 9.17) is 4.98 Å². The van der Waals surface area contributed by atoms with Gasteiger partial charge in [-0.1, -0.05) is 0 Å². The van der Waals surface area contributed by atoms with Gasteiger partial charge in [0, 0.05) is 25.8 Å². The van der Waals surface area contributed by atoms with Gasteiger partial charge in [-0.2, -0.15) is 0 Å². The van der Waals surface area contributed by atoms with Crippen LogP contribution in [0.5, 0.6) is 0 Å². The highest BCUT2D eigenvalue weighted by Gasteiger charge is 2.29. The summed E-state index contributed by atoms with van der Waals surface area (Å²) in [7, 11) is 0. The molecule has 0 spiro atoms. The summed E-state index contributed by atoms with van der Waals surface area (Å²) < 4.78 is 0.